The third-order valence-electron chi connectivity index (χ3n) is 4.75. The number of benzene rings is 2. The number of nitrogens with zero attached hydrogens (tertiary/aromatic N) is 5. The van der Waals surface area contributed by atoms with Gasteiger partial charge in [0, 0.05) is 18.8 Å². The molecule has 0 saturated carbocycles. The molecule has 2 aromatic carbocycles. The molecule has 27 heavy (non-hydrogen) atoms. The van der Waals surface area contributed by atoms with Crippen LogP contribution in [0.5, 0.6) is 0 Å². The Hall–Kier alpha value is -2.78. The van der Waals surface area contributed by atoms with Gasteiger partial charge >= 0.3 is 0 Å². The van der Waals surface area contributed by atoms with E-state index >= 15 is 0 Å². The van der Waals surface area contributed by atoms with Gasteiger partial charge in [0.05, 0.1) is 17.3 Å². The van der Waals surface area contributed by atoms with Gasteiger partial charge in [0.15, 0.2) is 5.16 Å². The van der Waals surface area contributed by atoms with E-state index in [1.165, 1.54) is 24.0 Å². The molecule has 0 atom stereocenters. The van der Waals surface area contributed by atoms with Crippen LogP contribution in [0.25, 0.3) is 5.69 Å². The minimum atomic E-state index is 0.683. The summed E-state index contributed by atoms with van der Waals surface area (Å²) in [6.45, 7) is 4.16. The summed E-state index contributed by atoms with van der Waals surface area (Å²) in [4.78, 5) is 2.32. The summed E-state index contributed by atoms with van der Waals surface area (Å²) in [5.41, 5.74) is 4.18. The first-order valence-electron chi connectivity index (χ1n) is 9.14. The molecule has 0 aliphatic carbocycles. The van der Waals surface area contributed by atoms with Gasteiger partial charge in [0.25, 0.3) is 0 Å². The molecule has 1 aliphatic heterocycles. The molecule has 4 rings (SSSR count). The lowest BCUT2D eigenvalue weighted by Crippen LogP contribution is -2.22. The molecule has 2 heterocycles. The minimum absolute atomic E-state index is 0.683. The van der Waals surface area contributed by atoms with E-state index in [4.69, 9.17) is 5.26 Å². The minimum Gasteiger partial charge on any atom is -0.341 e. The molecular weight excluding hydrogens is 354 g/mol. The van der Waals surface area contributed by atoms with Crippen LogP contribution in [0.4, 0.5) is 5.95 Å². The average molecular weight is 376 g/mol. The molecular formula is C21H21N5S. The Bertz CT molecular complexity index is 948. The lowest BCUT2D eigenvalue weighted by molar-refractivity contribution is 0.841. The van der Waals surface area contributed by atoms with Crippen molar-refractivity contribution in [3.8, 4) is 11.8 Å². The predicted octanol–water partition coefficient (Wildman–Crippen LogP) is 4.34. The van der Waals surface area contributed by atoms with Gasteiger partial charge in [0.1, 0.15) is 0 Å². The highest BCUT2D eigenvalue weighted by Crippen LogP contribution is 2.30. The normalized spacial score (nSPS) is 13.7. The second-order valence-corrected chi connectivity index (χ2v) is 7.69. The van der Waals surface area contributed by atoms with Crippen molar-refractivity contribution in [2.45, 2.75) is 30.7 Å². The van der Waals surface area contributed by atoms with Crippen LogP contribution in [0.2, 0.25) is 0 Å². The Morgan fingerprint density at radius 1 is 1.00 bits per heavy atom. The van der Waals surface area contributed by atoms with E-state index in [0.717, 1.165) is 35.6 Å². The SMILES string of the molecule is Cc1ccc(-n2c(SCc3ccc(C#N)cc3)nnc2N2CCCC2)cc1. The van der Waals surface area contributed by atoms with E-state index < -0.39 is 0 Å². The summed E-state index contributed by atoms with van der Waals surface area (Å²) < 4.78 is 2.17. The fraction of sp³-hybridized carbons (Fsp3) is 0.286. The molecule has 3 aromatic rings. The van der Waals surface area contributed by atoms with Crippen LogP contribution < -0.4 is 4.90 Å². The highest BCUT2D eigenvalue weighted by Gasteiger charge is 2.22. The van der Waals surface area contributed by atoms with Crippen LogP contribution >= 0.6 is 11.8 Å². The van der Waals surface area contributed by atoms with Gasteiger partial charge in [-0.25, -0.2) is 0 Å². The highest BCUT2D eigenvalue weighted by molar-refractivity contribution is 7.98. The third-order valence-corrected chi connectivity index (χ3v) is 5.75. The zero-order valence-electron chi connectivity index (χ0n) is 15.3. The van der Waals surface area contributed by atoms with Crippen LogP contribution in [-0.4, -0.2) is 27.9 Å². The van der Waals surface area contributed by atoms with Crippen molar-refractivity contribution in [1.29, 1.82) is 5.26 Å². The first kappa shape index (κ1) is 17.6. The number of aryl methyl sites for hydroxylation is 1. The monoisotopic (exact) mass is 375 g/mol. The van der Waals surface area contributed by atoms with Crippen LogP contribution in [0.15, 0.2) is 53.7 Å². The summed E-state index contributed by atoms with van der Waals surface area (Å²) in [6, 6.07) is 18.4. The van der Waals surface area contributed by atoms with Crippen LogP contribution in [0.1, 0.15) is 29.5 Å². The van der Waals surface area contributed by atoms with Crippen molar-refractivity contribution in [1.82, 2.24) is 14.8 Å². The molecule has 1 saturated heterocycles. The van der Waals surface area contributed by atoms with Gasteiger partial charge in [-0.05, 0) is 49.6 Å². The van der Waals surface area contributed by atoms with Crippen molar-refractivity contribution in [3.05, 3.63) is 65.2 Å². The first-order chi connectivity index (χ1) is 13.2. The van der Waals surface area contributed by atoms with Crippen LogP contribution in [-0.2, 0) is 5.75 Å². The summed E-state index contributed by atoms with van der Waals surface area (Å²) in [6.07, 6.45) is 2.41. The molecule has 6 heteroatoms. The topological polar surface area (TPSA) is 57.7 Å². The molecule has 0 amide bonds. The average Bonchev–Trinajstić information content (AvgIpc) is 3.37. The molecule has 1 aromatic heterocycles. The fourth-order valence-electron chi connectivity index (χ4n) is 3.22. The highest BCUT2D eigenvalue weighted by atomic mass is 32.2. The quantitative estimate of drug-likeness (QED) is 0.621. The maximum absolute atomic E-state index is 8.94. The van der Waals surface area contributed by atoms with E-state index in [1.54, 1.807) is 11.8 Å². The summed E-state index contributed by atoms with van der Waals surface area (Å²) in [7, 11) is 0. The second kappa shape index (κ2) is 7.85. The Kier molecular flexibility index (Phi) is 5.12. The molecule has 0 spiro atoms. The van der Waals surface area contributed by atoms with E-state index in [9.17, 15) is 0 Å². The molecule has 0 unspecified atom stereocenters. The Morgan fingerprint density at radius 3 is 2.37 bits per heavy atom. The zero-order valence-corrected chi connectivity index (χ0v) is 16.1. The van der Waals surface area contributed by atoms with Gasteiger partial charge in [-0.15, -0.1) is 10.2 Å². The molecule has 1 fully saturated rings. The van der Waals surface area contributed by atoms with Crippen molar-refractivity contribution < 1.29 is 0 Å². The van der Waals surface area contributed by atoms with E-state index in [-0.39, 0.29) is 0 Å². The summed E-state index contributed by atoms with van der Waals surface area (Å²) in [5, 5.41) is 18.8. The van der Waals surface area contributed by atoms with Crippen molar-refractivity contribution in [3.63, 3.8) is 0 Å². The molecule has 5 nitrogen and oxygen atoms in total. The number of nitriles is 1. The second-order valence-electron chi connectivity index (χ2n) is 6.75. The van der Waals surface area contributed by atoms with Gasteiger partial charge in [-0.3, -0.25) is 4.57 Å². The Morgan fingerprint density at radius 2 is 1.70 bits per heavy atom. The molecule has 0 bridgehead atoms. The maximum atomic E-state index is 8.94. The number of aromatic nitrogens is 3. The lowest BCUT2D eigenvalue weighted by Gasteiger charge is -2.18. The summed E-state index contributed by atoms with van der Waals surface area (Å²) >= 11 is 1.67. The van der Waals surface area contributed by atoms with Crippen LogP contribution in [0, 0.1) is 18.3 Å². The maximum Gasteiger partial charge on any atom is 0.232 e. The number of anilines is 1. The van der Waals surface area contributed by atoms with Gasteiger partial charge in [0.2, 0.25) is 5.95 Å². The van der Waals surface area contributed by atoms with Gasteiger partial charge in [-0.2, -0.15) is 5.26 Å². The Balaban J connectivity index is 1.63. The zero-order chi connectivity index (χ0) is 18.6. The van der Waals surface area contributed by atoms with Crippen LogP contribution in [0.3, 0.4) is 0 Å². The van der Waals surface area contributed by atoms with Gasteiger partial charge in [-0.1, -0.05) is 41.6 Å². The molecule has 0 N–H and O–H groups in total. The van der Waals surface area contributed by atoms with Crippen molar-refractivity contribution in [2.75, 3.05) is 18.0 Å². The molecule has 0 radical (unpaired) electrons. The molecule has 1 aliphatic rings. The van der Waals surface area contributed by atoms with E-state index in [2.05, 4.69) is 56.9 Å². The number of rotatable bonds is 5. The number of thioether (sulfide) groups is 1. The largest absolute Gasteiger partial charge is 0.341 e. The predicted molar refractivity (Wildman–Crippen MR) is 108 cm³/mol. The van der Waals surface area contributed by atoms with E-state index in [0.29, 0.717) is 5.56 Å². The van der Waals surface area contributed by atoms with Crippen molar-refractivity contribution >= 4 is 17.7 Å². The molecule has 136 valence electrons. The smallest absolute Gasteiger partial charge is 0.232 e. The fourth-order valence-corrected chi connectivity index (χ4v) is 4.12. The Labute approximate surface area is 163 Å². The summed E-state index contributed by atoms with van der Waals surface area (Å²) in [5.74, 6) is 1.72. The third kappa shape index (κ3) is 3.83. The number of hydrogen-bond donors (Lipinski definition) is 0. The van der Waals surface area contributed by atoms with E-state index in [1.807, 2.05) is 24.3 Å². The van der Waals surface area contributed by atoms with Gasteiger partial charge < -0.3 is 4.90 Å². The number of hydrogen-bond acceptors (Lipinski definition) is 5. The van der Waals surface area contributed by atoms with Crippen molar-refractivity contribution in [2.24, 2.45) is 0 Å². The standard InChI is InChI=1S/C21H21N5S/c1-16-4-10-19(11-5-16)26-20(25-12-2-3-13-25)23-24-21(26)27-15-18-8-6-17(14-22)7-9-18/h4-11H,2-3,12-13,15H2,1H3. The first-order valence-corrected chi connectivity index (χ1v) is 10.1. The lowest BCUT2D eigenvalue weighted by atomic mass is 10.2.